The second kappa shape index (κ2) is 10.6. The number of carbonyl (C=O) groups excluding carboxylic acids is 1. The van der Waals surface area contributed by atoms with Crippen molar-refractivity contribution in [3.05, 3.63) is 74.7 Å². The molecule has 0 aliphatic rings. The minimum Gasteiger partial charge on any atom is -0.493 e. The van der Waals surface area contributed by atoms with Gasteiger partial charge in [-0.05, 0) is 55.8 Å². The van der Waals surface area contributed by atoms with Crippen LogP contribution < -0.4 is 9.47 Å². The summed E-state index contributed by atoms with van der Waals surface area (Å²) in [6.45, 7) is 4.56. The van der Waals surface area contributed by atoms with E-state index in [0.717, 1.165) is 10.6 Å². The van der Waals surface area contributed by atoms with Gasteiger partial charge < -0.3 is 19.5 Å². The molecule has 0 atom stereocenters. The Hall–Kier alpha value is -2.61. The maximum absolute atomic E-state index is 13.1. The lowest BCUT2D eigenvalue weighted by Crippen LogP contribution is -2.36. The number of hydrogen-bond acceptors (Lipinski definition) is 6. The summed E-state index contributed by atoms with van der Waals surface area (Å²) in [5.41, 5.74) is 2.13. The lowest BCUT2D eigenvalue weighted by molar-refractivity contribution is 0.0690. The van der Waals surface area contributed by atoms with Gasteiger partial charge in [0.2, 0.25) is 0 Å². The normalized spacial score (nSPS) is 10.9. The third kappa shape index (κ3) is 5.97. The van der Waals surface area contributed by atoms with Crippen molar-refractivity contribution in [2.45, 2.75) is 39.6 Å². The third-order valence-electron chi connectivity index (χ3n) is 4.67. The van der Waals surface area contributed by atoms with Crippen LogP contribution in [0.15, 0.2) is 47.8 Å². The van der Waals surface area contributed by atoms with Crippen molar-refractivity contribution < 1.29 is 19.4 Å². The highest BCUT2D eigenvalue weighted by Crippen LogP contribution is 2.30. The smallest absolute Gasteiger partial charge is 0.254 e. The van der Waals surface area contributed by atoms with Crippen molar-refractivity contribution in [2.24, 2.45) is 0 Å². The highest BCUT2D eigenvalue weighted by molar-refractivity contribution is 7.09. The summed E-state index contributed by atoms with van der Waals surface area (Å²) in [5, 5.41) is 12.3. The van der Waals surface area contributed by atoms with Crippen LogP contribution in [0.25, 0.3) is 0 Å². The molecule has 0 saturated heterocycles. The zero-order chi connectivity index (χ0) is 22.4. The van der Waals surface area contributed by atoms with E-state index in [4.69, 9.17) is 26.2 Å². The molecule has 3 rings (SSSR count). The first-order valence-corrected chi connectivity index (χ1v) is 11.1. The fourth-order valence-corrected chi connectivity index (χ4v) is 3.83. The van der Waals surface area contributed by atoms with E-state index >= 15 is 0 Å². The first-order chi connectivity index (χ1) is 14.9. The molecule has 164 valence electrons. The highest BCUT2D eigenvalue weighted by Gasteiger charge is 2.20. The number of benzene rings is 2. The molecule has 1 heterocycles. The van der Waals surface area contributed by atoms with Crippen LogP contribution in [-0.2, 0) is 19.8 Å². The molecule has 1 amide bonds. The first kappa shape index (κ1) is 23.1. The van der Waals surface area contributed by atoms with Gasteiger partial charge >= 0.3 is 0 Å². The van der Waals surface area contributed by atoms with Crippen LogP contribution in [0, 0.1) is 0 Å². The van der Waals surface area contributed by atoms with Gasteiger partial charge in [0.15, 0.2) is 11.5 Å². The lowest BCUT2D eigenvalue weighted by Gasteiger charge is -2.27. The predicted octanol–water partition coefficient (Wildman–Crippen LogP) is 4.93. The fourth-order valence-electron chi connectivity index (χ4n) is 3.00. The fraction of sp³-hybridized carbons (Fsp3) is 0.304. The van der Waals surface area contributed by atoms with E-state index < -0.39 is 0 Å². The molecule has 0 spiro atoms. The number of methoxy groups -OCH3 is 1. The molecule has 0 fully saturated rings. The summed E-state index contributed by atoms with van der Waals surface area (Å²) in [6.07, 6.45) is 0. The van der Waals surface area contributed by atoms with Gasteiger partial charge in [-0.15, -0.1) is 11.3 Å². The van der Waals surface area contributed by atoms with Crippen molar-refractivity contribution in [1.29, 1.82) is 0 Å². The Bertz CT molecular complexity index is 1020. The molecule has 8 heteroatoms. The predicted molar refractivity (Wildman–Crippen MR) is 122 cm³/mol. The van der Waals surface area contributed by atoms with E-state index in [0.29, 0.717) is 34.3 Å². The summed E-state index contributed by atoms with van der Waals surface area (Å²) in [4.78, 5) is 19.1. The molecule has 31 heavy (non-hydrogen) atoms. The van der Waals surface area contributed by atoms with Crippen molar-refractivity contribution in [1.82, 2.24) is 9.88 Å². The van der Waals surface area contributed by atoms with E-state index in [9.17, 15) is 4.79 Å². The van der Waals surface area contributed by atoms with Crippen LogP contribution in [0.2, 0.25) is 5.02 Å². The van der Waals surface area contributed by atoms with Crippen molar-refractivity contribution >= 4 is 28.8 Å². The summed E-state index contributed by atoms with van der Waals surface area (Å²) in [5.74, 6) is 1.11. The Morgan fingerprint density at radius 3 is 2.55 bits per heavy atom. The minimum absolute atomic E-state index is 0.00173. The lowest BCUT2D eigenvalue weighted by atomic mass is 10.1. The second-order valence-electron chi connectivity index (χ2n) is 7.20. The van der Waals surface area contributed by atoms with Crippen LogP contribution in [0.3, 0.4) is 0 Å². The molecule has 0 bridgehead atoms. The van der Waals surface area contributed by atoms with Crippen LogP contribution in [0.5, 0.6) is 11.5 Å². The molecule has 1 aromatic heterocycles. The van der Waals surface area contributed by atoms with E-state index in [-0.39, 0.29) is 25.2 Å². The van der Waals surface area contributed by atoms with Gasteiger partial charge in [-0.1, -0.05) is 17.7 Å². The van der Waals surface area contributed by atoms with E-state index in [1.165, 1.54) is 11.3 Å². The van der Waals surface area contributed by atoms with Gasteiger partial charge in [-0.3, -0.25) is 4.79 Å². The average molecular weight is 461 g/mol. The van der Waals surface area contributed by atoms with Crippen molar-refractivity contribution in [2.75, 3.05) is 7.11 Å². The van der Waals surface area contributed by atoms with E-state index in [1.54, 1.807) is 41.7 Å². The Kier molecular flexibility index (Phi) is 7.90. The molecular weight excluding hydrogens is 436 g/mol. The topological polar surface area (TPSA) is 71.9 Å². The van der Waals surface area contributed by atoms with Crippen molar-refractivity contribution in [3.63, 3.8) is 0 Å². The Morgan fingerprint density at radius 2 is 1.94 bits per heavy atom. The van der Waals surface area contributed by atoms with Gasteiger partial charge in [0.1, 0.15) is 11.6 Å². The largest absolute Gasteiger partial charge is 0.493 e. The number of aliphatic hydroxyl groups excluding tert-OH is 1. The molecule has 0 saturated carbocycles. The SMILES string of the molecule is COc1ccc(CN(C(=O)c2ccc(Cl)cc2)C(C)C)cc1OCc1nc(CO)cs1. The molecule has 0 aliphatic carbocycles. The zero-order valence-corrected chi connectivity index (χ0v) is 19.2. The molecular formula is C23H25ClN2O4S. The summed E-state index contributed by atoms with van der Waals surface area (Å²) >= 11 is 7.38. The Morgan fingerprint density at radius 1 is 1.19 bits per heavy atom. The van der Waals surface area contributed by atoms with Crippen molar-refractivity contribution in [3.8, 4) is 11.5 Å². The van der Waals surface area contributed by atoms with Crippen LogP contribution in [0.4, 0.5) is 0 Å². The number of amides is 1. The van der Waals surface area contributed by atoms with E-state index in [2.05, 4.69) is 4.98 Å². The number of halogens is 1. The minimum atomic E-state index is -0.0952. The molecule has 3 aromatic rings. The number of nitrogens with zero attached hydrogens (tertiary/aromatic N) is 2. The maximum atomic E-state index is 13.1. The van der Waals surface area contributed by atoms with Crippen LogP contribution in [0.1, 0.15) is 40.5 Å². The van der Waals surface area contributed by atoms with Gasteiger partial charge in [0.05, 0.1) is 19.4 Å². The number of thiazole rings is 1. The molecule has 6 nitrogen and oxygen atoms in total. The molecule has 2 aromatic carbocycles. The average Bonchev–Trinajstić information content (AvgIpc) is 3.24. The van der Waals surface area contributed by atoms with Crippen LogP contribution in [-0.4, -0.2) is 34.0 Å². The van der Waals surface area contributed by atoms with Gasteiger partial charge in [0.25, 0.3) is 5.91 Å². The molecule has 0 aliphatic heterocycles. The number of aliphatic hydroxyl groups is 1. The van der Waals surface area contributed by atoms with Gasteiger partial charge in [-0.2, -0.15) is 0 Å². The zero-order valence-electron chi connectivity index (χ0n) is 17.7. The number of rotatable bonds is 9. The number of hydrogen-bond donors (Lipinski definition) is 1. The third-order valence-corrected chi connectivity index (χ3v) is 5.79. The summed E-state index contributed by atoms with van der Waals surface area (Å²) < 4.78 is 11.4. The number of carbonyl (C=O) groups is 1. The van der Waals surface area contributed by atoms with Gasteiger partial charge in [-0.25, -0.2) is 4.98 Å². The molecule has 1 N–H and O–H groups in total. The monoisotopic (exact) mass is 460 g/mol. The van der Waals surface area contributed by atoms with Crippen LogP contribution >= 0.6 is 22.9 Å². The highest BCUT2D eigenvalue weighted by atomic mass is 35.5. The Labute approximate surface area is 191 Å². The first-order valence-electron chi connectivity index (χ1n) is 9.81. The quantitative estimate of drug-likeness (QED) is 0.490. The summed E-state index contributed by atoms with van der Waals surface area (Å²) in [6, 6.07) is 12.5. The van der Waals surface area contributed by atoms with E-state index in [1.807, 2.05) is 32.0 Å². The number of aromatic nitrogens is 1. The van der Waals surface area contributed by atoms with Gasteiger partial charge in [0, 0.05) is 28.6 Å². The number of ether oxygens (including phenoxy) is 2. The second-order valence-corrected chi connectivity index (χ2v) is 8.58. The molecule has 0 unspecified atom stereocenters. The summed E-state index contributed by atoms with van der Waals surface area (Å²) in [7, 11) is 1.58. The standard InChI is InChI=1S/C23H25ClN2O4S/c1-15(2)26(23(28)17-5-7-18(24)8-6-17)11-16-4-9-20(29-3)21(10-16)30-13-22-25-19(12-27)14-31-22/h4-10,14-15,27H,11-13H2,1-3H3. The maximum Gasteiger partial charge on any atom is 0.254 e. The Balaban J connectivity index is 1.77. The molecule has 0 radical (unpaired) electrons.